The Morgan fingerprint density at radius 3 is 2.81 bits per heavy atom. The van der Waals surface area contributed by atoms with E-state index in [1.54, 1.807) is 0 Å². The van der Waals surface area contributed by atoms with Crippen LogP contribution in [-0.4, -0.2) is 17.3 Å². The number of hydrogen-bond donors (Lipinski definition) is 2. The molecule has 0 radical (unpaired) electrons. The Kier molecular flexibility index (Phi) is 3.41. The van der Waals surface area contributed by atoms with Crippen molar-refractivity contribution in [3.05, 3.63) is 29.3 Å². The molecule has 0 saturated heterocycles. The number of rotatable bonds is 3. The second-order valence-electron chi connectivity index (χ2n) is 4.89. The number of anilines is 1. The van der Waals surface area contributed by atoms with E-state index >= 15 is 0 Å². The fourth-order valence-electron chi connectivity index (χ4n) is 2.54. The first kappa shape index (κ1) is 11.7. The number of hydrogen-bond acceptors (Lipinski definition) is 2. The summed E-state index contributed by atoms with van der Waals surface area (Å²) < 4.78 is 0. The molecule has 2 N–H and O–H groups in total. The summed E-state index contributed by atoms with van der Waals surface area (Å²) in [7, 11) is 0. The van der Waals surface area contributed by atoms with E-state index in [0.717, 1.165) is 30.0 Å². The Balaban J connectivity index is 2.16. The van der Waals surface area contributed by atoms with Gasteiger partial charge in [-0.3, -0.25) is 0 Å². The maximum Gasteiger partial charge on any atom is 0.0661 e. The van der Waals surface area contributed by atoms with Crippen molar-refractivity contribution in [1.82, 2.24) is 0 Å². The first-order valence-electron chi connectivity index (χ1n) is 5.79. The summed E-state index contributed by atoms with van der Waals surface area (Å²) >= 11 is 6.11. The zero-order valence-corrected chi connectivity index (χ0v) is 10.3. The van der Waals surface area contributed by atoms with E-state index in [9.17, 15) is 5.11 Å². The van der Waals surface area contributed by atoms with Crippen LogP contribution in [0.5, 0.6) is 0 Å². The number of aliphatic hydroxyl groups is 1. The van der Waals surface area contributed by atoms with Gasteiger partial charge in [-0.2, -0.15) is 0 Å². The molecule has 0 aliphatic heterocycles. The Morgan fingerprint density at radius 2 is 2.25 bits per heavy atom. The van der Waals surface area contributed by atoms with Crippen molar-refractivity contribution in [2.45, 2.75) is 31.7 Å². The molecular formula is C13H18ClNO. The Hall–Kier alpha value is -0.730. The molecule has 0 spiro atoms. The topological polar surface area (TPSA) is 32.3 Å². The lowest BCUT2D eigenvalue weighted by atomic mass is 9.97. The van der Waals surface area contributed by atoms with Crippen LogP contribution in [0.25, 0.3) is 0 Å². The van der Waals surface area contributed by atoms with Gasteiger partial charge in [0.05, 0.1) is 22.9 Å². The third kappa shape index (κ3) is 2.33. The number of para-hydroxylation sites is 1. The van der Waals surface area contributed by atoms with Crippen LogP contribution in [0.15, 0.2) is 24.3 Å². The Bertz CT molecular complexity index is 369. The molecule has 1 aromatic carbocycles. The predicted octanol–water partition coefficient (Wildman–Crippen LogP) is 3.30. The van der Waals surface area contributed by atoms with Crippen LogP contribution in [0.1, 0.15) is 26.2 Å². The molecule has 0 aromatic heterocycles. The molecule has 2 rings (SSSR count). The van der Waals surface area contributed by atoms with Crippen molar-refractivity contribution in [2.75, 3.05) is 11.9 Å². The Labute approximate surface area is 102 Å². The average molecular weight is 240 g/mol. The molecule has 2 atom stereocenters. The number of nitrogens with one attached hydrogen (secondary N) is 1. The monoisotopic (exact) mass is 239 g/mol. The van der Waals surface area contributed by atoms with Gasteiger partial charge in [0.2, 0.25) is 0 Å². The van der Waals surface area contributed by atoms with Gasteiger partial charge >= 0.3 is 0 Å². The highest BCUT2D eigenvalue weighted by Gasteiger charge is 2.37. The van der Waals surface area contributed by atoms with Gasteiger partial charge in [0.1, 0.15) is 0 Å². The maximum absolute atomic E-state index is 9.58. The molecule has 2 nitrogen and oxygen atoms in total. The van der Waals surface area contributed by atoms with E-state index in [-0.39, 0.29) is 12.1 Å². The summed E-state index contributed by atoms with van der Waals surface area (Å²) in [6.45, 7) is 2.40. The van der Waals surface area contributed by atoms with E-state index in [2.05, 4.69) is 12.2 Å². The van der Waals surface area contributed by atoms with Gasteiger partial charge in [0.15, 0.2) is 0 Å². The van der Waals surface area contributed by atoms with Crippen LogP contribution in [0.4, 0.5) is 5.69 Å². The quantitative estimate of drug-likeness (QED) is 0.848. The van der Waals surface area contributed by atoms with Gasteiger partial charge in [-0.05, 0) is 37.3 Å². The van der Waals surface area contributed by atoms with Gasteiger partial charge in [-0.15, -0.1) is 0 Å². The summed E-state index contributed by atoms with van der Waals surface area (Å²) in [6.07, 6.45) is 3.18. The Morgan fingerprint density at radius 1 is 1.50 bits per heavy atom. The van der Waals surface area contributed by atoms with Crippen LogP contribution in [0, 0.1) is 5.92 Å². The van der Waals surface area contributed by atoms with E-state index < -0.39 is 0 Å². The molecule has 1 aliphatic rings. The van der Waals surface area contributed by atoms with Crippen LogP contribution in [0.3, 0.4) is 0 Å². The van der Waals surface area contributed by atoms with E-state index in [1.165, 1.54) is 0 Å². The van der Waals surface area contributed by atoms with Crippen LogP contribution >= 0.6 is 11.6 Å². The molecule has 3 heteroatoms. The lowest BCUT2D eigenvalue weighted by molar-refractivity contribution is 0.211. The van der Waals surface area contributed by atoms with E-state index in [0.29, 0.717) is 5.92 Å². The maximum atomic E-state index is 9.58. The summed E-state index contributed by atoms with van der Waals surface area (Å²) in [5, 5.41) is 13.7. The summed E-state index contributed by atoms with van der Waals surface area (Å²) in [6, 6.07) is 7.70. The molecular weight excluding hydrogens is 222 g/mol. The van der Waals surface area contributed by atoms with Crippen molar-refractivity contribution in [2.24, 2.45) is 5.92 Å². The van der Waals surface area contributed by atoms with Gasteiger partial charge in [0.25, 0.3) is 0 Å². The summed E-state index contributed by atoms with van der Waals surface area (Å²) in [5.41, 5.74) is 0.747. The normalized spacial score (nSPS) is 29.3. The smallest absolute Gasteiger partial charge is 0.0661 e. The third-order valence-electron chi connectivity index (χ3n) is 3.43. The van der Waals surface area contributed by atoms with Gasteiger partial charge in [-0.1, -0.05) is 30.7 Å². The highest BCUT2D eigenvalue weighted by molar-refractivity contribution is 6.33. The number of benzene rings is 1. The first-order chi connectivity index (χ1) is 7.65. The molecule has 0 heterocycles. The van der Waals surface area contributed by atoms with Crippen molar-refractivity contribution in [1.29, 1.82) is 0 Å². The van der Waals surface area contributed by atoms with Crippen molar-refractivity contribution < 1.29 is 5.11 Å². The van der Waals surface area contributed by atoms with Crippen LogP contribution in [0.2, 0.25) is 5.02 Å². The minimum atomic E-state index is -0.176. The standard InChI is InChI=1S/C13H18ClNO/c1-10-6-7-13(8-10,9-16)15-12-5-3-2-4-11(12)14/h2-5,10,15-16H,6-9H2,1H3. The molecule has 2 unspecified atom stereocenters. The van der Waals surface area contributed by atoms with Crippen molar-refractivity contribution in [3.63, 3.8) is 0 Å². The second-order valence-corrected chi connectivity index (χ2v) is 5.30. The molecule has 1 aromatic rings. The molecule has 1 fully saturated rings. The second kappa shape index (κ2) is 4.64. The predicted molar refractivity (Wildman–Crippen MR) is 67.9 cm³/mol. The molecule has 88 valence electrons. The van der Waals surface area contributed by atoms with Crippen LogP contribution in [-0.2, 0) is 0 Å². The highest BCUT2D eigenvalue weighted by atomic mass is 35.5. The van der Waals surface area contributed by atoms with Gasteiger partial charge in [0, 0.05) is 0 Å². The fourth-order valence-corrected chi connectivity index (χ4v) is 2.72. The summed E-state index contributed by atoms with van der Waals surface area (Å²) in [4.78, 5) is 0. The minimum absolute atomic E-state index is 0.169. The largest absolute Gasteiger partial charge is 0.394 e. The van der Waals surface area contributed by atoms with Crippen molar-refractivity contribution >= 4 is 17.3 Å². The molecule has 0 amide bonds. The van der Waals surface area contributed by atoms with Gasteiger partial charge < -0.3 is 10.4 Å². The zero-order chi connectivity index (χ0) is 11.6. The lowest BCUT2D eigenvalue weighted by Crippen LogP contribution is -2.39. The molecule has 1 saturated carbocycles. The minimum Gasteiger partial charge on any atom is -0.394 e. The van der Waals surface area contributed by atoms with Crippen LogP contribution < -0.4 is 5.32 Å². The summed E-state index contributed by atoms with van der Waals surface area (Å²) in [5.74, 6) is 0.669. The fraction of sp³-hybridized carbons (Fsp3) is 0.538. The zero-order valence-electron chi connectivity index (χ0n) is 9.54. The molecule has 16 heavy (non-hydrogen) atoms. The number of halogens is 1. The first-order valence-corrected chi connectivity index (χ1v) is 6.17. The SMILES string of the molecule is CC1CCC(CO)(Nc2ccccc2Cl)C1. The van der Waals surface area contributed by atoms with Gasteiger partial charge in [-0.25, -0.2) is 0 Å². The lowest BCUT2D eigenvalue weighted by Gasteiger charge is -2.30. The van der Waals surface area contributed by atoms with E-state index in [1.807, 2.05) is 24.3 Å². The average Bonchev–Trinajstić information content (AvgIpc) is 2.65. The highest BCUT2D eigenvalue weighted by Crippen LogP contribution is 2.37. The molecule has 1 aliphatic carbocycles. The molecule has 0 bridgehead atoms. The number of aliphatic hydroxyl groups excluding tert-OH is 1. The van der Waals surface area contributed by atoms with Crippen molar-refractivity contribution in [3.8, 4) is 0 Å². The third-order valence-corrected chi connectivity index (χ3v) is 3.76. The van der Waals surface area contributed by atoms with E-state index in [4.69, 9.17) is 11.6 Å².